The van der Waals surface area contributed by atoms with Crippen molar-refractivity contribution in [2.45, 2.75) is 0 Å². The summed E-state index contributed by atoms with van der Waals surface area (Å²) in [7, 11) is 1.98. The molecule has 0 spiro atoms. The summed E-state index contributed by atoms with van der Waals surface area (Å²) >= 11 is 1.59. The van der Waals surface area contributed by atoms with Crippen molar-refractivity contribution in [2.24, 2.45) is 12.8 Å². The molecule has 3 heterocycles. The summed E-state index contributed by atoms with van der Waals surface area (Å²) in [5.41, 5.74) is 9.41. The Balaban J connectivity index is 1.96. The van der Waals surface area contributed by atoms with E-state index < -0.39 is 0 Å². The maximum Gasteiger partial charge on any atom is 0.156 e. The van der Waals surface area contributed by atoms with E-state index in [2.05, 4.69) is 22.4 Å². The lowest BCUT2D eigenvalue weighted by Crippen LogP contribution is -2.14. The highest BCUT2D eigenvalue weighted by Crippen LogP contribution is 2.34. The van der Waals surface area contributed by atoms with Gasteiger partial charge in [-0.15, -0.1) is 0 Å². The van der Waals surface area contributed by atoms with E-state index in [0.717, 1.165) is 37.8 Å². The Kier molecular flexibility index (Phi) is 3.44. The second-order valence-electron chi connectivity index (χ2n) is 5.27. The third kappa shape index (κ3) is 2.34. The summed E-state index contributed by atoms with van der Waals surface area (Å²) in [6.45, 7) is 1.21. The molecule has 0 saturated carbocycles. The van der Waals surface area contributed by atoms with E-state index in [-0.39, 0.29) is 0 Å². The van der Waals surface area contributed by atoms with Crippen molar-refractivity contribution in [3.63, 3.8) is 0 Å². The van der Waals surface area contributed by atoms with Crippen LogP contribution in [0.25, 0.3) is 32.0 Å². The average molecular weight is 324 g/mol. The first-order valence-corrected chi connectivity index (χ1v) is 8.20. The number of anilines is 1. The molecule has 7 heteroatoms. The second-order valence-corrected chi connectivity index (χ2v) is 6.24. The summed E-state index contributed by atoms with van der Waals surface area (Å²) in [5.74, 6) is 0.766. The first kappa shape index (κ1) is 14.1. The van der Waals surface area contributed by atoms with Crippen molar-refractivity contribution in [1.29, 1.82) is 0 Å². The van der Waals surface area contributed by atoms with Gasteiger partial charge >= 0.3 is 0 Å². The maximum atomic E-state index is 5.59. The van der Waals surface area contributed by atoms with Crippen LogP contribution < -0.4 is 11.1 Å². The number of pyridine rings is 1. The van der Waals surface area contributed by atoms with Crippen LogP contribution in [0.1, 0.15) is 0 Å². The van der Waals surface area contributed by atoms with Gasteiger partial charge in [0.1, 0.15) is 26.4 Å². The fraction of sp³-hybridized carbons (Fsp3) is 0.188. The average Bonchev–Trinajstić information content (AvgIpc) is 3.17. The minimum Gasteiger partial charge on any atom is -0.367 e. The van der Waals surface area contributed by atoms with Crippen molar-refractivity contribution < 1.29 is 0 Å². The van der Waals surface area contributed by atoms with E-state index in [1.807, 2.05) is 29.8 Å². The molecule has 0 fully saturated rings. The predicted molar refractivity (Wildman–Crippen MR) is 94.7 cm³/mol. The fourth-order valence-corrected chi connectivity index (χ4v) is 3.55. The molecule has 4 aromatic rings. The molecule has 1 aromatic carbocycles. The largest absolute Gasteiger partial charge is 0.367 e. The molecule has 0 saturated heterocycles. The number of aromatic nitrogens is 4. The molecule has 3 N–H and O–H groups in total. The number of aryl methyl sites for hydroxylation is 1. The molecule has 0 atom stereocenters. The SMILES string of the molecule is Cn1cnc2c(NCCN)nc3sc(-c4ccccc4)nc3c21. The Morgan fingerprint density at radius 3 is 2.78 bits per heavy atom. The van der Waals surface area contributed by atoms with Gasteiger partial charge < -0.3 is 15.6 Å². The van der Waals surface area contributed by atoms with Gasteiger partial charge in [-0.25, -0.2) is 15.0 Å². The molecule has 0 aliphatic carbocycles. The highest BCUT2D eigenvalue weighted by Gasteiger charge is 2.17. The third-order valence-electron chi connectivity index (χ3n) is 3.67. The van der Waals surface area contributed by atoms with Gasteiger partial charge in [0, 0.05) is 25.7 Å². The van der Waals surface area contributed by atoms with Crippen LogP contribution in [-0.2, 0) is 7.05 Å². The number of nitrogens with two attached hydrogens (primary N) is 1. The van der Waals surface area contributed by atoms with Gasteiger partial charge in [0.2, 0.25) is 0 Å². The highest BCUT2D eigenvalue weighted by molar-refractivity contribution is 7.21. The van der Waals surface area contributed by atoms with E-state index in [4.69, 9.17) is 15.7 Å². The minimum absolute atomic E-state index is 0.548. The van der Waals surface area contributed by atoms with E-state index in [1.165, 1.54) is 0 Å². The molecule has 0 unspecified atom stereocenters. The van der Waals surface area contributed by atoms with Crippen molar-refractivity contribution in [3.8, 4) is 10.6 Å². The zero-order valence-electron chi connectivity index (χ0n) is 12.7. The number of hydrogen-bond acceptors (Lipinski definition) is 6. The van der Waals surface area contributed by atoms with Crippen LogP contribution in [0.3, 0.4) is 0 Å². The van der Waals surface area contributed by atoms with Crippen molar-refractivity contribution >= 4 is 38.5 Å². The van der Waals surface area contributed by atoms with Gasteiger partial charge in [-0.3, -0.25) is 0 Å². The van der Waals surface area contributed by atoms with Gasteiger partial charge in [0.25, 0.3) is 0 Å². The van der Waals surface area contributed by atoms with E-state index in [0.29, 0.717) is 13.1 Å². The topological polar surface area (TPSA) is 81.7 Å². The molecule has 0 amide bonds. The summed E-state index contributed by atoms with van der Waals surface area (Å²) in [5, 5.41) is 4.22. The number of nitrogens with zero attached hydrogens (tertiary/aromatic N) is 4. The standard InChI is InChI=1S/C16H16N6S/c1-22-9-19-11-13(22)12-16(21-14(11)18-8-7-17)23-15(20-12)10-5-3-2-4-6-10/h2-6,9H,7-8,17H2,1H3,(H,18,21). The molecule has 0 aliphatic heterocycles. The number of fused-ring (bicyclic) bond motifs is 3. The van der Waals surface area contributed by atoms with Crippen LogP contribution in [0.5, 0.6) is 0 Å². The van der Waals surface area contributed by atoms with E-state index >= 15 is 0 Å². The smallest absolute Gasteiger partial charge is 0.156 e. The monoisotopic (exact) mass is 324 g/mol. The Morgan fingerprint density at radius 1 is 1.17 bits per heavy atom. The number of thiazole rings is 1. The van der Waals surface area contributed by atoms with Gasteiger partial charge in [-0.2, -0.15) is 0 Å². The van der Waals surface area contributed by atoms with Crippen LogP contribution in [0.15, 0.2) is 36.7 Å². The van der Waals surface area contributed by atoms with Gasteiger partial charge in [-0.1, -0.05) is 41.7 Å². The third-order valence-corrected chi connectivity index (χ3v) is 4.66. The van der Waals surface area contributed by atoms with Crippen molar-refractivity contribution in [2.75, 3.05) is 18.4 Å². The summed E-state index contributed by atoms with van der Waals surface area (Å²) in [6, 6.07) is 10.2. The summed E-state index contributed by atoms with van der Waals surface area (Å²) < 4.78 is 1.99. The van der Waals surface area contributed by atoms with Crippen LogP contribution in [-0.4, -0.2) is 32.6 Å². The zero-order valence-corrected chi connectivity index (χ0v) is 13.5. The molecule has 3 aromatic heterocycles. The Hall–Kier alpha value is -2.51. The fourth-order valence-electron chi connectivity index (χ4n) is 2.60. The maximum absolute atomic E-state index is 5.59. The Labute approximate surface area is 137 Å². The van der Waals surface area contributed by atoms with Crippen LogP contribution in [0, 0.1) is 0 Å². The molecule has 4 rings (SSSR count). The number of rotatable bonds is 4. The lowest BCUT2D eigenvalue weighted by atomic mass is 10.2. The number of benzene rings is 1. The van der Waals surface area contributed by atoms with Gasteiger partial charge in [0.05, 0.1) is 6.33 Å². The van der Waals surface area contributed by atoms with Crippen molar-refractivity contribution in [3.05, 3.63) is 36.7 Å². The second kappa shape index (κ2) is 5.60. The van der Waals surface area contributed by atoms with E-state index in [9.17, 15) is 0 Å². The first-order chi connectivity index (χ1) is 11.3. The zero-order chi connectivity index (χ0) is 15.8. The lowest BCUT2D eigenvalue weighted by Gasteiger charge is -2.05. The van der Waals surface area contributed by atoms with E-state index in [1.54, 1.807) is 17.7 Å². The first-order valence-electron chi connectivity index (χ1n) is 7.39. The summed E-state index contributed by atoms with van der Waals surface area (Å²) in [6.07, 6.45) is 1.79. The van der Waals surface area contributed by atoms with Gasteiger partial charge in [0.15, 0.2) is 5.82 Å². The quantitative estimate of drug-likeness (QED) is 0.603. The number of nitrogens with one attached hydrogen (secondary N) is 1. The number of hydrogen-bond donors (Lipinski definition) is 2. The molecule has 23 heavy (non-hydrogen) atoms. The molecule has 0 radical (unpaired) electrons. The normalized spacial score (nSPS) is 11.4. The Morgan fingerprint density at radius 2 is 2.00 bits per heavy atom. The minimum atomic E-state index is 0.548. The summed E-state index contributed by atoms with van der Waals surface area (Å²) in [4.78, 5) is 14.9. The van der Waals surface area contributed by atoms with Crippen LogP contribution in [0.2, 0.25) is 0 Å². The molecule has 6 nitrogen and oxygen atoms in total. The predicted octanol–water partition coefficient (Wildman–Crippen LogP) is 2.62. The number of imidazole rings is 1. The Bertz CT molecular complexity index is 972. The van der Waals surface area contributed by atoms with Crippen LogP contribution in [0.4, 0.5) is 5.82 Å². The lowest BCUT2D eigenvalue weighted by molar-refractivity contribution is 0.949. The van der Waals surface area contributed by atoms with Crippen molar-refractivity contribution in [1.82, 2.24) is 19.5 Å². The molecular formula is C16H16N6S. The van der Waals surface area contributed by atoms with Gasteiger partial charge in [-0.05, 0) is 0 Å². The highest BCUT2D eigenvalue weighted by atomic mass is 32.1. The molecule has 116 valence electrons. The molecule has 0 bridgehead atoms. The van der Waals surface area contributed by atoms with Crippen LogP contribution >= 0.6 is 11.3 Å². The molecule has 0 aliphatic rings. The molecular weight excluding hydrogens is 308 g/mol.